The number of rotatable bonds is 2. The molecule has 0 aromatic heterocycles. The minimum Gasteiger partial charge on any atom is -0.489 e. The molecule has 2 N–H and O–H groups in total. The molecule has 3 heteroatoms. The summed E-state index contributed by atoms with van der Waals surface area (Å²) in [5, 5.41) is 9.07. The van der Waals surface area contributed by atoms with Gasteiger partial charge in [-0.25, -0.2) is 0 Å². The summed E-state index contributed by atoms with van der Waals surface area (Å²) in [6.07, 6.45) is 0.0797. The number of nitrogens with zero attached hydrogens (tertiary/aromatic N) is 1. The van der Waals surface area contributed by atoms with Crippen molar-refractivity contribution >= 4 is 0 Å². The van der Waals surface area contributed by atoms with Gasteiger partial charge in [-0.05, 0) is 37.1 Å². The lowest BCUT2D eigenvalue weighted by molar-refractivity contribution is -0.155. The fourth-order valence-electron chi connectivity index (χ4n) is 3.62. The maximum Gasteiger partial charge on any atom is 0.123 e. The molecular formula is C17H24N2O. The zero-order valence-corrected chi connectivity index (χ0v) is 13.2. The van der Waals surface area contributed by atoms with Gasteiger partial charge in [-0.1, -0.05) is 27.7 Å². The molecule has 1 saturated carbocycles. The van der Waals surface area contributed by atoms with Crippen LogP contribution in [-0.2, 0) is 0 Å². The summed E-state index contributed by atoms with van der Waals surface area (Å²) < 4.78 is 6.27. The van der Waals surface area contributed by atoms with E-state index in [1.807, 2.05) is 26.0 Å². The van der Waals surface area contributed by atoms with Crippen molar-refractivity contribution in [3.8, 4) is 11.8 Å². The Labute approximate surface area is 121 Å². The van der Waals surface area contributed by atoms with Crippen LogP contribution in [0.25, 0.3) is 0 Å². The molecular weight excluding hydrogens is 248 g/mol. The molecule has 1 aromatic carbocycles. The van der Waals surface area contributed by atoms with Crippen molar-refractivity contribution in [1.82, 2.24) is 0 Å². The molecule has 0 saturated heterocycles. The van der Waals surface area contributed by atoms with E-state index in [0.717, 1.165) is 16.9 Å². The van der Waals surface area contributed by atoms with E-state index in [2.05, 4.69) is 33.8 Å². The van der Waals surface area contributed by atoms with Gasteiger partial charge in [0, 0.05) is 16.9 Å². The number of benzene rings is 1. The van der Waals surface area contributed by atoms with E-state index in [0.29, 0.717) is 5.56 Å². The quantitative estimate of drug-likeness (QED) is 0.898. The van der Waals surface area contributed by atoms with Gasteiger partial charge in [0.05, 0.1) is 11.6 Å². The van der Waals surface area contributed by atoms with Crippen molar-refractivity contribution in [3.63, 3.8) is 0 Å². The van der Waals surface area contributed by atoms with E-state index in [9.17, 15) is 0 Å². The Bertz CT molecular complexity index is 565. The molecule has 108 valence electrons. The fourth-order valence-corrected chi connectivity index (χ4v) is 3.62. The first-order valence-corrected chi connectivity index (χ1v) is 7.06. The number of nitrogens with two attached hydrogens (primary N) is 1. The van der Waals surface area contributed by atoms with Gasteiger partial charge in [0.25, 0.3) is 0 Å². The highest BCUT2D eigenvalue weighted by Gasteiger charge is 2.61. The van der Waals surface area contributed by atoms with Crippen LogP contribution in [-0.4, -0.2) is 12.1 Å². The van der Waals surface area contributed by atoms with Gasteiger partial charge in [0.2, 0.25) is 0 Å². The second-order valence-electron chi connectivity index (χ2n) is 7.09. The van der Waals surface area contributed by atoms with Crippen molar-refractivity contribution in [1.29, 1.82) is 5.26 Å². The molecule has 1 aliphatic carbocycles. The monoisotopic (exact) mass is 272 g/mol. The summed E-state index contributed by atoms with van der Waals surface area (Å²) in [6, 6.07) is 6.06. The first-order chi connectivity index (χ1) is 9.14. The first kappa shape index (κ1) is 14.9. The average Bonchev–Trinajstić information content (AvgIpc) is 2.39. The standard InChI is InChI=1S/C17H24N2O/c1-10-11(2)13(8-7-12(10)9-18)20-15-16(3,4)14(19)17(15,5)6/h7-8,14-15H,19H2,1-6H3. The summed E-state index contributed by atoms with van der Waals surface area (Å²) in [7, 11) is 0. The Balaban J connectivity index is 2.33. The molecule has 0 bridgehead atoms. The topological polar surface area (TPSA) is 59.0 Å². The summed E-state index contributed by atoms with van der Waals surface area (Å²) >= 11 is 0. The lowest BCUT2D eigenvalue weighted by Crippen LogP contribution is -2.73. The van der Waals surface area contributed by atoms with Crippen LogP contribution in [0.5, 0.6) is 5.75 Å². The van der Waals surface area contributed by atoms with E-state index < -0.39 is 0 Å². The van der Waals surface area contributed by atoms with Crippen LogP contribution in [0.2, 0.25) is 0 Å². The molecule has 2 rings (SSSR count). The fraction of sp³-hybridized carbons (Fsp3) is 0.588. The molecule has 3 nitrogen and oxygen atoms in total. The Morgan fingerprint density at radius 2 is 1.65 bits per heavy atom. The van der Waals surface area contributed by atoms with E-state index in [-0.39, 0.29) is 23.0 Å². The Kier molecular flexibility index (Phi) is 3.34. The zero-order chi connectivity index (χ0) is 15.3. The van der Waals surface area contributed by atoms with Gasteiger partial charge < -0.3 is 10.5 Å². The lowest BCUT2D eigenvalue weighted by Gasteiger charge is -2.61. The zero-order valence-electron chi connectivity index (χ0n) is 13.2. The minimum absolute atomic E-state index is 0.0439. The maximum absolute atomic E-state index is 9.07. The number of hydrogen-bond donors (Lipinski definition) is 1. The molecule has 1 fully saturated rings. The van der Waals surface area contributed by atoms with Crippen LogP contribution in [0.4, 0.5) is 0 Å². The second-order valence-corrected chi connectivity index (χ2v) is 7.09. The van der Waals surface area contributed by atoms with Crippen LogP contribution in [0.15, 0.2) is 12.1 Å². The largest absolute Gasteiger partial charge is 0.489 e. The maximum atomic E-state index is 9.07. The minimum atomic E-state index is -0.0439. The molecule has 0 heterocycles. The predicted octanol–water partition coefficient (Wildman–Crippen LogP) is 3.32. The number of ether oxygens (including phenoxy) is 1. The van der Waals surface area contributed by atoms with Crippen molar-refractivity contribution in [3.05, 3.63) is 28.8 Å². The first-order valence-electron chi connectivity index (χ1n) is 7.06. The highest BCUT2D eigenvalue weighted by atomic mass is 16.5. The Morgan fingerprint density at radius 1 is 1.10 bits per heavy atom. The van der Waals surface area contributed by atoms with E-state index >= 15 is 0 Å². The Morgan fingerprint density at radius 3 is 2.15 bits per heavy atom. The molecule has 0 unspecified atom stereocenters. The van der Waals surface area contributed by atoms with Crippen molar-refractivity contribution < 1.29 is 4.74 Å². The third kappa shape index (κ3) is 1.91. The summed E-state index contributed by atoms with van der Waals surface area (Å²) in [4.78, 5) is 0. The van der Waals surface area contributed by atoms with Gasteiger partial charge in [-0.15, -0.1) is 0 Å². The summed E-state index contributed by atoms with van der Waals surface area (Å²) in [6.45, 7) is 12.6. The Hall–Kier alpha value is -1.53. The summed E-state index contributed by atoms with van der Waals surface area (Å²) in [5.74, 6) is 0.861. The average molecular weight is 272 g/mol. The van der Waals surface area contributed by atoms with Crippen LogP contribution < -0.4 is 10.5 Å². The van der Waals surface area contributed by atoms with Crippen molar-refractivity contribution in [2.75, 3.05) is 0 Å². The predicted molar refractivity (Wildman–Crippen MR) is 80.6 cm³/mol. The van der Waals surface area contributed by atoms with Crippen LogP contribution >= 0.6 is 0 Å². The molecule has 1 aromatic rings. The van der Waals surface area contributed by atoms with Crippen LogP contribution in [0.3, 0.4) is 0 Å². The van der Waals surface area contributed by atoms with Crippen LogP contribution in [0, 0.1) is 36.0 Å². The number of hydrogen-bond acceptors (Lipinski definition) is 3. The highest BCUT2D eigenvalue weighted by molar-refractivity contribution is 5.48. The van der Waals surface area contributed by atoms with Gasteiger partial charge in [-0.2, -0.15) is 5.26 Å². The SMILES string of the molecule is Cc1c(C#N)ccc(OC2C(C)(C)C(N)C2(C)C)c1C. The second kappa shape index (κ2) is 4.49. The van der Waals surface area contributed by atoms with Crippen molar-refractivity contribution in [2.45, 2.75) is 53.7 Å². The highest BCUT2D eigenvalue weighted by Crippen LogP contribution is 2.54. The molecule has 0 atom stereocenters. The van der Waals surface area contributed by atoms with Gasteiger partial charge in [0.15, 0.2) is 0 Å². The van der Waals surface area contributed by atoms with E-state index in [4.69, 9.17) is 15.7 Å². The van der Waals surface area contributed by atoms with E-state index in [1.165, 1.54) is 0 Å². The molecule has 0 aliphatic heterocycles. The molecule has 1 aliphatic rings. The molecule has 20 heavy (non-hydrogen) atoms. The molecule has 0 amide bonds. The lowest BCUT2D eigenvalue weighted by atomic mass is 9.50. The summed E-state index contributed by atoms with van der Waals surface area (Å²) in [5.41, 5.74) is 8.92. The van der Waals surface area contributed by atoms with Crippen molar-refractivity contribution in [2.24, 2.45) is 16.6 Å². The molecule has 0 radical (unpaired) electrons. The van der Waals surface area contributed by atoms with Gasteiger partial charge >= 0.3 is 0 Å². The van der Waals surface area contributed by atoms with Crippen LogP contribution in [0.1, 0.15) is 44.4 Å². The third-order valence-corrected chi connectivity index (χ3v) is 5.06. The normalized spacial score (nSPS) is 26.5. The van der Waals surface area contributed by atoms with Gasteiger partial charge in [-0.3, -0.25) is 0 Å². The molecule has 0 spiro atoms. The van der Waals surface area contributed by atoms with Gasteiger partial charge in [0.1, 0.15) is 11.9 Å². The smallest absolute Gasteiger partial charge is 0.123 e. The van der Waals surface area contributed by atoms with E-state index in [1.54, 1.807) is 0 Å². The third-order valence-electron chi connectivity index (χ3n) is 5.06. The number of nitriles is 1.